The highest BCUT2D eigenvalue weighted by Gasteiger charge is 2.24. The summed E-state index contributed by atoms with van der Waals surface area (Å²) >= 11 is 4.94. The quantitative estimate of drug-likeness (QED) is 0.841. The first kappa shape index (κ1) is 10.9. The van der Waals surface area contributed by atoms with Gasteiger partial charge in [-0.25, -0.2) is 4.98 Å². The first-order valence-electron chi connectivity index (χ1n) is 5.22. The number of oxime groups is 1. The Morgan fingerprint density at radius 2 is 2.12 bits per heavy atom. The average Bonchev–Trinajstić information content (AvgIpc) is 2.98. The van der Waals surface area contributed by atoms with Gasteiger partial charge in [0, 0.05) is 17.4 Å². The minimum absolute atomic E-state index is 0.0353. The third kappa shape index (κ3) is 2.25. The highest BCUT2D eigenvalue weighted by molar-refractivity contribution is 9.18. The molecule has 0 spiro atoms. The molecule has 1 unspecified atom stereocenters. The van der Waals surface area contributed by atoms with Crippen LogP contribution in [0, 0.1) is 0 Å². The lowest BCUT2D eigenvalue weighted by molar-refractivity contribution is 0.0856. The summed E-state index contributed by atoms with van der Waals surface area (Å²) in [5.74, 6) is 0. The van der Waals surface area contributed by atoms with Gasteiger partial charge >= 0.3 is 0 Å². The first-order valence-corrected chi connectivity index (χ1v) is 6.89. The summed E-state index contributed by atoms with van der Waals surface area (Å²) in [6.07, 6.45) is 0.730. The Hall–Kier alpha value is -1.20. The van der Waals surface area contributed by atoms with E-state index in [4.69, 9.17) is 4.84 Å². The molecule has 1 aromatic heterocycles. The third-order valence-corrected chi connectivity index (χ3v) is 3.91. The Morgan fingerprint density at radius 3 is 2.82 bits per heavy atom. The molecule has 1 aromatic carbocycles. The van der Waals surface area contributed by atoms with Crippen LogP contribution in [0.2, 0.25) is 0 Å². The van der Waals surface area contributed by atoms with Crippen molar-refractivity contribution in [1.29, 1.82) is 0 Å². The maximum Gasteiger partial charge on any atom is 0.184 e. The van der Waals surface area contributed by atoms with E-state index in [0.717, 1.165) is 27.3 Å². The molecule has 0 saturated heterocycles. The molecule has 0 saturated carbocycles. The summed E-state index contributed by atoms with van der Waals surface area (Å²) in [7, 11) is 0. The van der Waals surface area contributed by atoms with Gasteiger partial charge in [-0.05, 0) is 15.9 Å². The van der Waals surface area contributed by atoms with Crippen LogP contribution in [-0.2, 0) is 4.84 Å². The zero-order valence-electron chi connectivity index (χ0n) is 8.84. The molecule has 0 fully saturated rings. The van der Waals surface area contributed by atoms with E-state index < -0.39 is 0 Å². The fourth-order valence-corrected chi connectivity index (χ4v) is 2.89. The summed E-state index contributed by atoms with van der Waals surface area (Å²) in [5, 5.41) is 6.91. The van der Waals surface area contributed by atoms with E-state index in [2.05, 4.69) is 43.6 Å². The van der Waals surface area contributed by atoms with Crippen LogP contribution in [0.5, 0.6) is 0 Å². The van der Waals surface area contributed by atoms with E-state index >= 15 is 0 Å². The summed E-state index contributed by atoms with van der Waals surface area (Å²) in [6, 6.07) is 10.1. The lowest BCUT2D eigenvalue weighted by Gasteiger charge is -2.02. The number of hydrogen-bond acceptors (Lipinski definition) is 4. The zero-order valence-corrected chi connectivity index (χ0v) is 11.2. The molecule has 0 radical (unpaired) electrons. The largest absolute Gasteiger partial charge is 0.384 e. The Morgan fingerprint density at radius 1 is 1.29 bits per heavy atom. The van der Waals surface area contributed by atoms with Crippen LogP contribution in [-0.4, -0.2) is 9.60 Å². The van der Waals surface area contributed by atoms with Crippen molar-refractivity contribution in [2.24, 2.45) is 5.16 Å². The van der Waals surface area contributed by atoms with E-state index in [1.54, 1.807) is 11.3 Å². The average molecular weight is 309 g/mol. The topological polar surface area (TPSA) is 34.5 Å². The SMILES string of the molecule is BrC1=NOC(c2nc(-c3ccccc3)cs2)C1. The van der Waals surface area contributed by atoms with Gasteiger partial charge in [0.2, 0.25) is 0 Å². The Labute approximate surface area is 111 Å². The Bertz CT molecular complexity index is 553. The van der Waals surface area contributed by atoms with Gasteiger partial charge in [-0.15, -0.1) is 11.3 Å². The molecular weight excluding hydrogens is 300 g/mol. The van der Waals surface area contributed by atoms with Gasteiger partial charge in [0.25, 0.3) is 0 Å². The minimum Gasteiger partial charge on any atom is -0.384 e. The highest BCUT2D eigenvalue weighted by Crippen LogP contribution is 2.33. The molecule has 0 amide bonds. The van der Waals surface area contributed by atoms with Crippen molar-refractivity contribution in [1.82, 2.24) is 4.98 Å². The molecule has 17 heavy (non-hydrogen) atoms. The molecule has 3 rings (SSSR count). The molecule has 1 aliphatic heterocycles. The second-order valence-electron chi connectivity index (χ2n) is 3.70. The fourth-order valence-electron chi connectivity index (χ4n) is 1.66. The maximum atomic E-state index is 5.29. The third-order valence-electron chi connectivity index (χ3n) is 2.50. The normalized spacial score (nSPS) is 18.9. The van der Waals surface area contributed by atoms with Crippen molar-refractivity contribution >= 4 is 31.9 Å². The van der Waals surface area contributed by atoms with E-state index in [-0.39, 0.29) is 6.10 Å². The summed E-state index contributed by atoms with van der Waals surface area (Å²) in [5.41, 5.74) is 2.13. The van der Waals surface area contributed by atoms with Gasteiger partial charge in [-0.2, -0.15) is 0 Å². The predicted octanol–water partition coefficient (Wildman–Crippen LogP) is 3.98. The number of benzene rings is 1. The zero-order chi connectivity index (χ0) is 11.7. The van der Waals surface area contributed by atoms with Gasteiger partial charge < -0.3 is 4.84 Å². The molecule has 1 atom stereocenters. The van der Waals surface area contributed by atoms with Crippen molar-refractivity contribution in [2.75, 3.05) is 0 Å². The number of aromatic nitrogens is 1. The van der Waals surface area contributed by atoms with Gasteiger partial charge in [0.05, 0.1) is 5.69 Å². The molecule has 0 aliphatic carbocycles. The van der Waals surface area contributed by atoms with Crippen LogP contribution in [0.15, 0.2) is 40.9 Å². The molecular formula is C12H9BrN2OS. The number of hydrogen-bond donors (Lipinski definition) is 0. The Balaban J connectivity index is 1.84. The summed E-state index contributed by atoms with van der Waals surface area (Å²) < 4.78 is 0.846. The smallest absolute Gasteiger partial charge is 0.184 e. The second-order valence-corrected chi connectivity index (χ2v) is 5.51. The molecule has 5 heteroatoms. The molecule has 0 N–H and O–H groups in total. The number of thiazole rings is 1. The number of nitrogens with zero attached hydrogens (tertiary/aromatic N) is 2. The maximum absolute atomic E-state index is 5.29. The van der Waals surface area contributed by atoms with E-state index in [9.17, 15) is 0 Å². The van der Waals surface area contributed by atoms with Crippen LogP contribution in [0.4, 0.5) is 0 Å². The minimum atomic E-state index is -0.0353. The lowest BCUT2D eigenvalue weighted by Crippen LogP contribution is -1.96. The van der Waals surface area contributed by atoms with E-state index in [0.29, 0.717) is 0 Å². The molecule has 86 valence electrons. The fraction of sp³-hybridized carbons (Fsp3) is 0.167. The second kappa shape index (κ2) is 4.58. The molecule has 2 aromatic rings. The van der Waals surface area contributed by atoms with Gasteiger partial charge in [0.15, 0.2) is 6.10 Å². The van der Waals surface area contributed by atoms with Gasteiger partial charge in [-0.3, -0.25) is 0 Å². The van der Waals surface area contributed by atoms with Crippen LogP contribution < -0.4 is 0 Å². The van der Waals surface area contributed by atoms with Crippen LogP contribution in [0.3, 0.4) is 0 Å². The predicted molar refractivity (Wildman–Crippen MR) is 72.4 cm³/mol. The molecule has 2 heterocycles. The molecule has 0 bridgehead atoms. The van der Waals surface area contributed by atoms with E-state index in [1.165, 1.54) is 0 Å². The standard InChI is InChI=1S/C12H9BrN2OS/c13-11-6-10(16-15-11)12-14-9(7-17-12)8-4-2-1-3-5-8/h1-5,7,10H,6H2. The van der Waals surface area contributed by atoms with Crippen LogP contribution >= 0.6 is 27.3 Å². The van der Waals surface area contributed by atoms with Gasteiger partial charge in [-0.1, -0.05) is 35.5 Å². The molecule has 3 nitrogen and oxygen atoms in total. The first-order chi connectivity index (χ1) is 8.33. The number of halogens is 1. The van der Waals surface area contributed by atoms with Crippen molar-refractivity contribution < 1.29 is 4.84 Å². The van der Waals surface area contributed by atoms with Crippen molar-refractivity contribution in [3.05, 3.63) is 40.7 Å². The summed E-state index contributed by atoms with van der Waals surface area (Å²) in [4.78, 5) is 9.89. The van der Waals surface area contributed by atoms with Gasteiger partial charge in [0.1, 0.15) is 9.63 Å². The Kier molecular flexibility index (Phi) is 2.94. The van der Waals surface area contributed by atoms with Crippen molar-refractivity contribution in [3.63, 3.8) is 0 Å². The van der Waals surface area contributed by atoms with Crippen LogP contribution in [0.25, 0.3) is 11.3 Å². The highest BCUT2D eigenvalue weighted by atomic mass is 79.9. The lowest BCUT2D eigenvalue weighted by atomic mass is 10.2. The monoisotopic (exact) mass is 308 g/mol. The molecule has 1 aliphatic rings. The number of rotatable bonds is 2. The summed E-state index contributed by atoms with van der Waals surface area (Å²) in [6.45, 7) is 0. The van der Waals surface area contributed by atoms with Crippen molar-refractivity contribution in [2.45, 2.75) is 12.5 Å². The van der Waals surface area contributed by atoms with E-state index in [1.807, 2.05) is 18.2 Å². The van der Waals surface area contributed by atoms with Crippen LogP contribution in [0.1, 0.15) is 17.5 Å². The van der Waals surface area contributed by atoms with Crippen molar-refractivity contribution in [3.8, 4) is 11.3 Å².